The van der Waals surface area contributed by atoms with Gasteiger partial charge in [0.05, 0.1) is 0 Å². The van der Waals surface area contributed by atoms with Crippen molar-refractivity contribution in [3.05, 3.63) is 59.3 Å². The maximum atomic E-state index is 12.9. The number of nitrogens with one attached hydrogen (secondary N) is 1. The Hall–Kier alpha value is -2.63. The smallest absolute Gasteiger partial charge is 0.326 e. The van der Waals surface area contributed by atoms with E-state index in [1.54, 1.807) is 6.07 Å². The van der Waals surface area contributed by atoms with E-state index in [4.69, 9.17) is 4.42 Å². The third-order valence-corrected chi connectivity index (χ3v) is 3.19. The normalized spacial score (nSPS) is 11.9. The van der Waals surface area contributed by atoms with Crippen molar-refractivity contribution in [3.63, 3.8) is 0 Å². The molecule has 1 atom stereocenters. The van der Waals surface area contributed by atoms with Crippen molar-refractivity contribution in [2.45, 2.75) is 25.8 Å². The van der Waals surface area contributed by atoms with Crippen LogP contribution in [0.5, 0.6) is 0 Å². The van der Waals surface area contributed by atoms with Crippen LogP contribution in [0.25, 0.3) is 0 Å². The monoisotopic (exact) mass is 305 g/mol. The van der Waals surface area contributed by atoms with E-state index in [2.05, 4.69) is 5.32 Å². The molecule has 2 N–H and O–H groups in total. The zero-order valence-corrected chi connectivity index (χ0v) is 12.0. The van der Waals surface area contributed by atoms with E-state index >= 15 is 0 Å². The van der Waals surface area contributed by atoms with Crippen LogP contribution in [0.1, 0.15) is 28.8 Å². The third kappa shape index (κ3) is 3.94. The fourth-order valence-corrected chi connectivity index (χ4v) is 1.98. The van der Waals surface area contributed by atoms with Crippen LogP contribution < -0.4 is 5.32 Å². The second-order valence-corrected chi connectivity index (χ2v) is 4.81. The highest BCUT2D eigenvalue weighted by Crippen LogP contribution is 2.10. The maximum Gasteiger partial charge on any atom is 0.326 e. The molecule has 0 aliphatic rings. The van der Waals surface area contributed by atoms with Crippen LogP contribution >= 0.6 is 0 Å². The Bertz CT molecular complexity index is 663. The minimum absolute atomic E-state index is 0.0582. The number of carboxylic acids is 1. The number of carbonyl (C=O) groups excluding carboxylic acids is 1. The Labute approximate surface area is 126 Å². The number of rotatable bonds is 6. The van der Waals surface area contributed by atoms with Gasteiger partial charge in [0.2, 0.25) is 0 Å². The number of aliphatic carboxylic acids is 1. The molecule has 0 radical (unpaired) electrons. The van der Waals surface area contributed by atoms with Crippen molar-refractivity contribution < 1.29 is 23.5 Å². The van der Waals surface area contributed by atoms with E-state index in [1.165, 1.54) is 30.3 Å². The first-order valence-corrected chi connectivity index (χ1v) is 6.86. The van der Waals surface area contributed by atoms with Crippen molar-refractivity contribution in [2.75, 3.05) is 0 Å². The van der Waals surface area contributed by atoms with Crippen molar-refractivity contribution in [3.8, 4) is 0 Å². The lowest BCUT2D eigenvalue weighted by Gasteiger charge is -2.13. The molecule has 0 bridgehead atoms. The Morgan fingerprint density at radius 1 is 1.23 bits per heavy atom. The highest BCUT2D eigenvalue weighted by Gasteiger charge is 2.22. The molecule has 0 spiro atoms. The van der Waals surface area contributed by atoms with Gasteiger partial charge in [0.1, 0.15) is 17.6 Å². The summed E-state index contributed by atoms with van der Waals surface area (Å²) in [5.74, 6) is -1.44. The molecule has 6 heteroatoms. The number of benzene rings is 1. The van der Waals surface area contributed by atoms with Crippen LogP contribution in [0, 0.1) is 5.82 Å². The van der Waals surface area contributed by atoms with E-state index in [0.29, 0.717) is 17.7 Å². The molecular formula is C16H16FNO4. The summed E-state index contributed by atoms with van der Waals surface area (Å²) in [6, 6.07) is 7.52. The average molecular weight is 305 g/mol. The second kappa shape index (κ2) is 6.89. The first-order chi connectivity index (χ1) is 10.5. The largest absolute Gasteiger partial charge is 0.480 e. The van der Waals surface area contributed by atoms with Gasteiger partial charge in [-0.3, -0.25) is 4.79 Å². The van der Waals surface area contributed by atoms with E-state index in [0.717, 1.165) is 0 Å². The van der Waals surface area contributed by atoms with Gasteiger partial charge in [0, 0.05) is 12.8 Å². The number of amides is 1. The number of hydrogen-bond acceptors (Lipinski definition) is 3. The summed E-state index contributed by atoms with van der Waals surface area (Å²) in [4.78, 5) is 23.3. The predicted molar refractivity (Wildman–Crippen MR) is 77.1 cm³/mol. The molecule has 0 saturated heterocycles. The van der Waals surface area contributed by atoms with Gasteiger partial charge in [-0.05, 0) is 29.8 Å². The lowest BCUT2D eigenvalue weighted by Crippen LogP contribution is -2.42. The quantitative estimate of drug-likeness (QED) is 0.859. The van der Waals surface area contributed by atoms with E-state index < -0.39 is 23.7 Å². The molecule has 5 nitrogen and oxygen atoms in total. The molecule has 1 aromatic heterocycles. The number of halogens is 1. The molecule has 1 aromatic carbocycles. The highest BCUT2D eigenvalue weighted by molar-refractivity contribution is 5.94. The molecule has 22 heavy (non-hydrogen) atoms. The van der Waals surface area contributed by atoms with Gasteiger partial charge in [0.25, 0.3) is 5.91 Å². The Balaban J connectivity index is 2.06. The van der Waals surface area contributed by atoms with Crippen LogP contribution in [-0.4, -0.2) is 23.0 Å². The lowest BCUT2D eigenvalue weighted by atomic mass is 10.1. The van der Waals surface area contributed by atoms with Gasteiger partial charge < -0.3 is 14.8 Å². The fraction of sp³-hybridized carbons (Fsp3) is 0.250. The fourth-order valence-electron chi connectivity index (χ4n) is 1.98. The SMILES string of the molecule is CCc1ccc(C(=O)NC(Cc2ccc(F)cc2)C(=O)O)o1. The molecule has 1 unspecified atom stereocenters. The number of carbonyl (C=O) groups is 2. The van der Waals surface area contributed by atoms with Crippen molar-refractivity contribution in [1.29, 1.82) is 0 Å². The maximum absolute atomic E-state index is 12.9. The van der Waals surface area contributed by atoms with E-state index in [1.807, 2.05) is 6.92 Å². The first kappa shape index (κ1) is 15.8. The van der Waals surface area contributed by atoms with Gasteiger partial charge in [0.15, 0.2) is 5.76 Å². The van der Waals surface area contributed by atoms with Crippen molar-refractivity contribution in [2.24, 2.45) is 0 Å². The summed E-state index contributed by atoms with van der Waals surface area (Å²) in [5.41, 5.74) is 0.614. The Morgan fingerprint density at radius 3 is 2.45 bits per heavy atom. The number of carboxylic acid groups (broad SMARTS) is 1. The minimum atomic E-state index is -1.17. The molecule has 2 aromatic rings. The van der Waals surface area contributed by atoms with Crippen LogP contribution in [0.2, 0.25) is 0 Å². The lowest BCUT2D eigenvalue weighted by molar-refractivity contribution is -0.139. The molecule has 0 fully saturated rings. The third-order valence-electron chi connectivity index (χ3n) is 3.19. The molecule has 2 rings (SSSR count). The molecule has 0 aliphatic carbocycles. The average Bonchev–Trinajstić information content (AvgIpc) is 2.97. The second-order valence-electron chi connectivity index (χ2n) is 4.81. The summed E-state index contributed by atoms with van der Waals surface area (Å²) >= 11 is 0. The zero-order chi connectivity index (χ0) is 16.1. The summed E-state index contributed by atoms with van der Waals surface area (Å²) < 4.78 is 18.1. The molecule has 0 aliphatic heterocycles. The van der Waals surface area contributed by atoms with E-state index in [9.17, 15) is 19.1 Å². The standard InChI is InChI=1S/C16H16FNO4/c1-2-12-7-8-14(22-12)15(19)18-13(16(20)21)9-10-3-5-11(17)6-4-10/h3-8,13H,2,9H2,1H3,(H,18,19)(H,20,21). The molecule has 116 valence electrons. The summed E-state index contributed by atoms with van der Waals surface area (Å²) in [6.45, 7) is 1.88. The first-order valence-electron chi connectivity index (χ1n) is 6.86. The Morgan fingerprint density at radius 2 is 1.91 bits per heavy atom. The molecular weight excluding hydrogens is 289 g/mol. The number of aryl methyl sites for hydroxylation is 1. The Kier molecular flexibility index (Phi) is 4.93. The zero-order valence-electron chi connectivity index (χ0n) is 12.0. The van der Waals surface area contributed by atoms with Crippen LogP contribution in [0.3, 0.4) is 0 Å². The van der Waals surface area contributed by atoms with Crippen LogP contribution in [0.15, 0.2) is 40.8 Å². The van der Waals surface area contributed by atoms with Gasteiger partial charge in [-0.2, -0.15) is 0 Å². The summed E-state index contributed by atoms with van der Waals surface area (Å²) in [6.07, 6.45) is 0.702. The summed E-state index contributed by atoms with van der Waals surface area (Å²) in [5, 5.41) is 11.6. The van der Waals surface area contributed by atoms with Gasteiger partial charge in [-0.1, -0.05) is 19.1 Å². The van der Waals surface area contributed by atoms with Gasteiger partial charge in [-0.15, -0.1) is 0 Å². The van der Waals surface area contributed by atoms with Crippen LogP contribution in [-0.2, 0) is 17.6 Å². The topological polar surface area (TPSA) is 79.5 Å². The minimum Gasteiger partial charge on any atom is -0.480 e. The summed E-state index contributed by atoms with van der Waals surface area (Å²) in [7, 11) is 0. The van der Waals surface area contributed by atoms with Gasteiger partial charge in [-0.25, -0.2) is 9.18 Å². The predicted octanol–water partition coefficient (Wildman–Crippen LogP) is 2.41. The van der Waals surface area contributed by atoms with Crippen molar-refractivity contribution in [1.82, 2.24) is 5.32 Å². The van der Waals surface area contributed by atoms with E-state index in [-0.39, 0.29) is 12.2 Å². The molecule has 1 amide bonds. The molecule has 1 heterocycles. The number of furan rings is 1. The van der Waals surface area contributed by atoms with Crippen LogP contribution in [0.4, 0.5) is 4.39 Å². The molecule has 0 saturated carbocycles. The van der Waals surface area contributed by atoms with Gasteiger partial charge >= 0.3 is 5.97 Å². The number of hydrogen-bond donors (Lipinski definition) is 2. The highest BCUT2D eigenvalue weighted by atomic mass is 19.1. The van der Waals surface area contributed by atoms with Crippen molar-refractivity contribution >= 4 is 11.9 Å².